The van der Waals surface area contributed by atoms with E-state index in [1.807, 2.05) is 55.5 Å². The summed E-state index contributed by atoms with van der Waals surface area (Å²) in [5.41, 5.74) is 2.80. The van der Waals surface area contributed by atoms with Crippen LogP contribution in [0.25, 0.3) is 11.5 Å². The third-order valence-electron chi connectivity index (χ3n) is 4.46. The van der Waals surface area contributed by atoms with Gasteiger partial charge in [-0.05, 0) is 43.2 Å². The van der Waals surface area contributed by atoms with E-state index in [2.05, 4.69) is 27.5 Å². The molecule has 3 rings (SSSR count). The number of nitrogens with one attached hydrogen (secondary N) is 2. The molecule has 172 valence electrons. The zero-order chi connectivity index (χ0) is 21.9. The Hall–Kier alpha value is -2.75. The molecule has 0 fully saturated rings. The van der Waals surface area contributed by atoms with Gasteiger partial charge < -0.3 is 24.5 Å². The van der Waals surface area contributed by atoms with Gasteiger partial charge in [0.05, 0.1) is 32.5 Å². The first-order valence-corrected chi connectivity index (χ1v) is 10.5. The second kappa shape index (κ2) is 13.6. The highest BCUT2D eigenvalue weighted by Gasteiger charge is 2.08. The van der Waals surface area contributed by atoms with Gasteiger partial charge in [-0.15, -0.1) is 24.0 Å². The van der Waals surface area contributed by atoms with Crippen LogP contribution in [-0.2, 0) is 13.1 Å². The van der Waals surface area contributed by atoms with Gasteiger partial charge in [-0.25, -0.2) is 9.98 Å². The van der Waals surface area contributed by atoms with Crippen LogP contribution in [0.1, 0.15) is 31.5 Å². The molecule has 0 amide bonds. The number of aliphatic imine (C=N–C) groups is 1. The monoisotopic (exact) mass is 550 g/mol. The van der Waals surface area contributed by atoms with E-state index in [0.717, 1.165) is 41.3 Å². The average molecular weight is 550 g/mol. The largest absolute Gasteiger partial charge is 0.493 e. The fourth-order valence-electron chi connectivity index (χ4n) is 2.93. The van der Waals surface area contributed by atoms with Crippen LogP contribution in [0.4, 0.5) is 0 Å². The number of halogens is 1. The highest BCUT2D eigenvalue weighted by molar-refractivity contribution is 14.0. The van der Waals surface area contributed by atoms with E-state index < -0.39 is 0 Å². The molecule has 0 atom stereocenters. The molecule has 0 saturated carbocycles. The SMILES string of the molecule is CCCOc1ccc(CN=C(NCC)NCc2coc(-c3ccccc3)n2)cc1OC.I. The van der Waals surface area contributed by atoms with Gasteiger partial charge in [0.15, 0.2) is 17.5 Å². The summed E-state index contributed by atoms with van der Waals surface area (Å²) in [6.45, 7) is 6.54. The lowest BCUT2D eigenvalue weighted by Crippen LogP contribution is -2.36. The normalized spacial score (nSPS) is 10.9. The quantitative estimate of drug-likeness (QED) is 0.210. The lowest BCUT2D eigenvalue weighted by atomic mass is 10.2. The number of hydrogen-bond donors (Lipinski definition) is 2. The van der Waals surface area contributed by atoms with Gasteiger partial charge >= 0.3 is 0 Å². The third-order valence-corrected chi connectivity index (χ3v) is 4.46. The summed E-state index contributed by atoms with van der Waals surface area (Å²) in [4.78, 5) is 9.22. The van der Waals surface area contributed by atoms with Crippen molar-refractivity contribution in [3.05, 3.63) is 66.1 Å². The van der Waals surface area contributed by atoms with Crippen molar-refractivity contribution in [1.82, 2.24) is 15.6 Å². The molecule has 1 heterocycles. The Bertz CT molecular complexity index is 976. The lowest BCUT2D eigenvalue weighted by Gasteiger charge is -2.12. The molecule has 32 heavy (non-hydrogen) atoms. The maximum atomic E-state index is 5.72. The van der Waals surface area contributed by atoms with Crippen LogP contribution in [0.15, 0.2) is 64.2 Å². The van der Waals surface area contributed by atoms with E-state index in [1.54, 1.807) is 13.4 Å². The number of aromatic nitrogens is 1. The molecular weight excluding hydrogens is 519 g/mol. The molecule has 0 aliphatic rings. The Labute approximate surface area is 206 Å². The maximum Gasteiger partial charge on any atom is 0.226 e. The minimum absolute atomic E-state index is 0. The van der Waals surface area contributed by atoms with Gasteiger partial charge in [-0.3, -0.25) is 0 Å². The van der Waals surface area contributed by atoms with Crippen LogP contribution in [-0.4, -0.2) is 31.2 Å². The van der Waals surface area contributed by atoms with Crippen LogP contribution in [0.2, 0.25) is 0 Å². The minimum Gasteiger partial charge on any atom is -0.493 e. The second-order valence-corrected chi connectivity index (χ2v) is 6.89. The van der Waals surface area contributed by atoms with Gasteiger partial charge in [-0.1, -0.05) is 31.2 Å². The molecule has 7 nitrogen and oxygen atoms in total. The summed E-state index contributed by atoms with van der Waals surface area (Å²) < 4.78 is 16.8. The number of ether oxygens (including phenoxy) is 2. The molecule has 3 aromatic rings. The summed E-state index contributed by atoms with van der Waals surface area (Å²) in [5.74, 6) is 2.78. The van der Waals surface area contributed by atoms with Gasteiger partial charge in [0.25, 0.3) is 0 Å². The topological polar surface area (TPSA) is 80.9 Å². The van der Waals surface area contributed by atoms with Crippen LogP contribution >= 0.6 is 24.0 Å². The number of oxazole rings is 1. The highest BCUT2D eigenvalue weighted by Crippen LogP contribution is 2.28. The summed E-state index contributed by atoms with van der Waals surface area (Å²) >= 11 is 0. The fraction of sp³-hybridized carbons (Fsp3) is 0.333. The van der Waals surface area contributed by atoms with Crippen molar-refractivity contribution >= 4 is 29.9 Å². The first-order chi connectivity index (χ1) is 15.2. The third kappa shape index (κ3) is 7.44. The van der Waals surface area contributed by atoms with E-state index in [4.69, 9.17) is 13.9 Å². The van der Waals surface area contributed by atoms with Crippen molar-refractivity contribution in [3.63, 3.8) is 0 Å². The lowest BCUT2D eigenvalue weighted by molar-refractivity contribution is 0.294. The molecular formula is C24H31IN4O3. The Morgan fingerprint density at radius 2 is 1.88 bits per heavy atom. The van der Waals surface area contributed by atoms with Crippen LogP contribution in [0, 0.1) is 0 Å². The Balaban J connectivity index is 0.00000363. The number of nitrogens with zero attached hydrogens (tertiary/aromatic N) is 2. The molecule has 0 spiro atoms. The standard InChI is InChI=1S/C24H30N4O3.HI/c1-4-13-30-21-12-11-18(14-22(21)29-3)15-26-24(25-5-2)27-16-20-17-31-23(28-20)19-9-7-6-8-10-19;/h6-12,14,17H,4-5,13,15-16H2,1-3H3,(H2,25,26,27);1H. The first-order valence-electron chi connectivity index (χ1n) is 10.5. The van der Waals surface area contributed by atoms with Crippen LogP contribution < -0.4 is 20.1 Å². The van der Waals surface area contributed by atoms with E-state index in [1.165, 1.54) is 0 Å². The number of rotatable bonds is 10. The number of hydrogen-bond acceptors (Lipinski definition) is 5. The summed E-state index contributed by atoms with van der Waals surface area (Å²) in [6, 6.07) is 15.7. The van der Waals surface area contributed by atoms with Gasteiger partial charge in [0, 0.05) is 12.1 Å². The first kappa shape index (κ1) is 25.5. The summed E-state index contributed by atoms with van der Waals surface area (Å²) in [7, 11) is 1.65. The van der Waals surface area contributed by atoms with Crippen molar-refractivity contribution in [2.45, 2.75) is 33.4 Å². The molecule has 8 heteroatoms. The molecule has 0 aliphatic heterocycles. The van der Waals surface area contributed by atoms with Crippen LogP contribution in [0.5, 0.6) is 11.5 Å². The van der Waals surface area contributed by atoms with Gasteiger partial charge in [0.2, 0.25) is 5.89 Å². The molecule has 0 saturated heterocycles. The van der Waals surface area contributed by atoms with E-state index in [9.17, 15) is 0 Å². The molecule has 1 aromatic heterocycles. The second-order valence-electron chi connectivity index (χ2n) is 6.89. The molecule has 0 unspecified atom stereocenters. The summed E-state index contributed by atoms with van der Waals surface area (Å²) in [5, 5.41) is 6.55. The van der Waals surface area contributed by atoms with Crippen molar-refractivity contribution in [3.8, 4) is 23.0 Å². The summed E-state index contributed by atoms with van der Waals surface area (Å²) in [6.07, 6.45) is 2.62. The Morgan fingerprint density at radius 3 is 2.59 bits per heavy atom. The fourth-order valence-corrected chi connectivity index (χ4v) is 2.93. The zero-order valence-electron chi connectivity index (χ0n) is 18.8. The average Bonchev–Trinajstić information content (AvgIpc) is 3.29. The molecule has 0 radical (unpaired) electrons. The highest BCUT2D eigenvalue weighted by atomic mass is 127. The molecule has 2 aromatic carbocycles. The van der Waals surface area contributed by atoms with Crippen molar-refractivity contribution < 1.29 is 13.9 Å². The van der Waals surface area contributed by atoms with Gasteiger partial charge in [0.1, 0.15) is 6.26 Å². The van der Waals surface area contributed by atoms with Crippen molar-refractivity contribution in [1.29, 1.82) is 0 Å². The smallest absolute Gasteiger partial charge is 0.226 e. The van der Waals surface area contributed by atoms with E-state index >= 15 is 0 Å². The molecule has 0 aliphatic carbocycles. The maximum absolute atomic E-state index is 5.72. The molecule has 0 bridgehead atoms. The number of methoxy groups -OCH3 is 1. The Morgan fingerprint density at radius 1 is 1.06 bits per heavy atom. The van der Waals surface area contributed by atoms with Gasteiger partial charge in [-0.2, -0.15) is 0 Å². The zero-order valence-corrected chi connectivity index (χ0v) is 21.1. The Kier molecular flexibility index (Phi) is 10.9. The van der Waals surface area contributed by atoms with Crippen LogP contribution in [0.3, 0.4) is 0 Å². The van der Waals surface area contributed by atoms with Crippen molar-refractivity contribution in [2.24, 2.45) is 4.99 Å². The molecule has 2 N–H and O–H groups in total. The predicted molar refractivity (Wildman–Crippen MR) is 138 cm³/mol. The number of guanidine groups is 1. The minimum atomic E-state index is 0. The number of benzene rings is 2. The van der Waals surface area contributed by atoms with E-state index in [0.29, 0.717) is 31.5 Å². The predicted octanol–water partition coefficient (Wildman–Crippen LogP) is 5.01. The van der Waals surface area contributed by atoms with E-state index in [-0.39, 0.29) is 24.0 Å². The van der Waals surface area contributed by atoms with Crippen molar-refractivity contribution in [2.75, 3.05) is 20.3 Å².